The predicted molar refractivity (Wildman–Crippen MR) is 59.4 cm³/mol. The third-order valence-corrected chi connectivity index (χ3v) is 1.66. The molecule has 0 aliphatic carbocycles. The molecule has 78 valence electrons. The molecule has 0 N–H and O–H groups in total. The molecular formula is C11H15ClO2. The minimum Gasteiger partial charge on any atom is -0.491 e. The van der Waals surface area contributed by atoms with Gasteiger partial charge in [0.25, 0.3) is 0 Å². The Morgan fingerprint density at radius 2 is 1.93 bits per heavy atom. The molecule has 1 aromatic rings. The molecule has 0 amide bonds. The van der Waals surface area contributed by atoms with Crippen molar-refractivity contribution in [1.29, 1.82) is 0 Å². The van der Waals surface area contributed by atoms with E-state index in [2.05, 4.69) is 25.4 Å². The summed E-state index contributed by atoms with van der Waals surface area (Å²) >= 11 is 4.32. The van der Waals surface area contributed by atoms with Crippen molar-refractivity contribution in [1.82, 2.24) is 0 Å². The van der Waals surface area contributed by atoms with Crippen LogP contribution in [0.15, 0.2) is 30.3 Å². The van der Waals surface area contributed by atoms with Crippen LogP contribution in [0.5, 0.6) is 5.75 Å². The van der Waals surface area contributed by atoms with Crippen LogP contribution < -0.4 is 4.74 Å². The zero-order chi connectivity index (χ0) is 10.8. The number of carbonyl (C=O) groups is 1. The van der Waals surface area contributed by atoms with Crippen molar-refractivity contribution in [2.24, 2.45) is 0 Å². The van der Waals surface area contributed by atoms with E-state index in [9.17, 15) is 0 Å². The Morgan fingerprint density at radius 3 is 2.36 bits per heavy atom. The number of ether oxygens (including phenoxy) is 1. The SMILES string of the molecule is CCC(C)Oc1ccccc1.O=CCl. The lowest BCUT2D eigenvalue weighted by Gasteiger charge is -2.11. The van der Waals surface area contributed by atoms with Gasteiger partial charge in [0.1, 0.15) is 5.75 Å². The molecule has 0 saturated carbocycles. The molecule has 0 bridgehead atoms. The van der Waals surface area contributed by atoms with E-state index in [1.54, 1.807) is 0 Å². The largest absolute Gasteiger partial charge is 0.491 e. The molecule has 0 fully saturated rings. The maximum Gasteiger partial charge on any atom is 0.208 e. The Kier molecular flexibility index (Phi) is 7.95. The molecule has 0 saturated heterocycles. The van der Waals surface area contributed by atoms with Crippen molar-refractivity contribution in [2.45, 2.75) is 26.4 Å². The first-order valence-corrected chi connectivity index (χ1v) is 4.93. The average Bonchev–Trinajstić information content (AvgIpc) is 2.20. The van der Waals surface area contributed by atoms with E-state index in [0.29, 0.717) is 6.10 Å². The highest BCUT2D eigenvalue weighted by Gasteiger charge is 1.97. The number of benzene rings is 1. The Balaban J connectivity index is 0.000000500. The van der Waals surface area contributed by atoms with Gasteiger partial charge in [0.05, 0.1) is 6.10 Å². The second kappa shape index (κ2) is 8.57. The second-order valence-electron chi connectivity index (χ2n) is 2.74. The number of rotatable bonds is 3. The van der Waals surface area contributed by atoms with Crippen LogP contribution in [0, 0.1) is 0 Å². The quantitative estimate of drug-likeness (QED) is 0.570. The van der Waals surface area contributed by atoms with Gasteiger partial charge in [0, 0.05) is 0 Å². The van der Waals surface area contributed by atoms with E-state index >= 15 is 0 Å². The molecule has 0 radical (unpaired) electrons. The minimum atomic E-state index is 0.222. The summed E-state index contributed by atoms with van der Waals surface area (Å²) in [5, 5.41) is 0. The molecule has 14 heavy (non-hydrogen) atoms. The van der Waals surface area contributed by atoms with Crippen LogP contribution in [0.2, 0.25) is 0 Å². The third kappa shape index (κ3) is 6.49. The van der Waals surface area contributed by atoms with E-state index in [4.69, 9.17) is 9.53 Å². The first-order chi connectivity index (χ1) is 6.74. The maximum absolute atomic E-state index is 8.57. The summed E-state index contributed by atoms with van der Waals surface area (Å²) in [6.07, 6.45) is 1.37. The first-order valence-electron chi connectivity index (χ1n) is 4.50. The Hall–Kier alpha value is -1.02. The number of carbonyl (C=O) groups excluding carboxylic acids is 1. The van der Waals surface area contributed by atoms with Gasteiger partial charge in [-0.25, -0.2) is 0 Å². The fourth-order valence-corrected chi connectivity index (χ4v) is 0.815. The summed E-state index contributed by atoms with van der Waals surface area (Å²) in [7, 11) is 0. The van der Waals surface area contributed by atoms with Crippen molar-refractivity contribution >= 4 is 17.3 Å². The zero-order valence-corrected chi connectivity index (χ0v) is 9.20. The van der Waals surface area contributed by atoms with Gasteiger partial charge in [0.15, 0.2) is 0 Å². The van der Waals surface area contributed by atoms with Crippen molar-refractivity contribution in [3.63, 3.8) is 0 Å². The molecule has 0 aliphatic rings. The monoisotopic (exact) mass is 214 g/mol. The molecule has 1 aromatic carbocycles. The molecule has 1 rings (SSSR count). The summed E-state index contributed by atoms with van der Waals surface area (Å²) in [5.41, 5.74) is 0. The van der Waals surface area contributed by atoms with Gasteiger partial charge in [-0.3, -0.25) is 4.79 Å². The normalized spacial score (nSPS) is 10.8. The summed E-state index contributed by atoms with van der Waals surface area (Å²) in [6.45, 7) is 4.20. The van der Waals surface area contributed by atoms with Crippen molar-refractivity contribution in [3.8, 4) is 5.75 Å². The van der Waals surface area contributed by atoms with Crippen LogP contribution in [0.1, 0.15) is 20.3 Å². The molecule has 1 atom stereocenters. The lowest BCUT2D eigenvalue weighted by Crippen LogP contribution is -2.09. The molecule has 2 nitrogen and oxygen atoms in total. The maximum atomic E-state index is 8.57. The van der Waals surface area contributed by atoms with Crippen molar-refractivity contribution in [2.75, 3.05) is 0 Å². The molecule has 0 spiro atoms. The van der Waals surface area contributed by atoms with Gasteiger partial charge in [-0.15, -0.1) is 0 Å². The van der Waals surface area contributed by atoms with Crippen LogP contribution in [0.25, 0.3) is 0 Å². The molecule has 3 heteroatoms. The van der Waals surface area contributed by atoms with Crippen molar-refractivity contribution < 1.29 is 9.53 Å². The number of para-hydroxylation sites is 1. The summed E-state index contributed by atoms with van der Waals surface area (Å²) in [5.74, 6) is 1.18. The predicted octanol–water partition coefficient (Wildman–Crippen LogP) is 3.28. The van der Waals surface area contributed by atoms with Gasteiger partial charge >= 0.3 is 0 Å². The first kappa shape index (κ1) is 13.0. The number of hydrogen-bond acceptors (Lipinski definition) is 2. The Morgan fingerprint density at radius 1 is 1.43 bits per heavy atom. The zero-order valence-electron chi connectivity index (χ0n) is 8.44. The van der Waals surface area contributed by atoms with Crippen LogP contribution >= 0.6 is 11.6 Å². The lowest BCUT2D eigenvalue weighted by atomic mass is 10.3. The van der Waals surface area contributed by atoms with Gasteiger partial charge in [-0.2, -0.15) is 0 Å². The molecular weight excluding hydrogens is 200 g/mol. The highest BCUT2D eigenvalue weighted by molar-refractivity contribution is 6.54. The Bertz CT molecular complexity index is 236. The summed E-state index contributed by atoms with van der Waals surface area (Å²) < 4.78 is 5.56. The van der Waals surface area contributed by atoms with Crippen molar-refractivity contribution in [3.05, 3.63) is 30.3 Å². The van der Waals surface area contributed by atoms with Crippen LogP contribution in [-0.2, 0) is 4.79 Å². The highest BCUT2D eigenvalue weighted by Crippen LogP contribution is 2.11. The molecule has 1 unspecified atom stereocenters. The van der Waals surface area contributed by atoms with Crippen LogP contribution in [-0.4, -0.2) is 11.8 Å². The van der Waals surface area contributed by atoms with Gasteiger partial charge < -0.3 is 4.74 Å². The second-order valence-corrected chi connectivity index (χ2v) is 2.92. The van der Waals surface area contributed by atoms with E-state index < -0.39 is 0 Å². The fourth-order valence-electron chi connectivity index (χ4n) is 0.815. The summed E-state index contributed by atoms with van der Waals surface area (Å²) in [4.78, 5) is 8.57. The van der Waals surface area contributed by atoms with Gasteiger partial charge in [-0.05, 0) is 37.1 Å². The van der Waals surface area contributed by atoms with E-state index in [0.717, 1.165) is 12.2 Å². The smallest absolute Gasteiger partial charge is 0.208 e. The fraction of sp³-hybridized carbons (Fsp3) is 0.364. The Labute approximate surface area is 89.8 Å². The lowest BCUT2D eigenvalue weighted by molar-refractivity contribution is 0.217. The van der Waals surface area contributed by atoms with E-state index in [1.807, 2.05) is 30.3 Å². The van der Waals surface area contributed by atoms with Crippen LogP contribution in [0.3, 0.4) is 0 Å². The summed E-state index contributed by atoms with van der Waals surface area (Å²) in [6, 6.07) is 9.91. The standard InChI is InChI=1S/C10H14O.CHClO/c1-3-9(2)11-10-7-5-4-6-8-10;2-1-3/h4-9H,3H2,1-2H3;1H. The third-order valence-electron chi connectivity index (χ3n) is 1.66. The van der Waals surface area contributed by atoms with E-state index in [-0.39, 0.29) is 5.75 Å². The topological polar surface area (TPSA) is 26.3 Å². The number of hydrogen-bond donors (Lipinski definition) is 0. The number of halogens is 1. The van der Waals surface area contributed by atoms with E-state index in [1.165, 1.54) is 0 Å². The van der Waals surface area contributed by atoms with Gasteiger partial charge in [-0.1, -0.05) is 25.1 Å². The van der Waals surface area contributed by atoms with Crippen LogP contribution in [0.4, 0.5) is 0 Å². The molecule has 0 aromatic heterocycles. The molecule has 0 aliphatic heterocycles. The highest BCUT2D eigenvalue weighted by atomic mass is 35.5. The van der Waals surface area contributed by atoms with Gasteiger partial charge in [0.2, 0.25) is 5.75 Å². The minimum absolute atomic E-state index is 0.222. The molecule has 0 heterocycles. The average molecular weight is 215 g/mol.